The van der Waals surface area contributed by atoms with Crippen LogP contribution >= 0.6 is 0 Å². The zero-order chi connectivity index (χ0) is 27.5. The van der Waals surface area contributed by atoms with Crippen molar-refractivity contribution in [1.29, 1.82) is 0 Å². The van der Waals surface area contributed by atoms with Gasteiger partial charge in [0.1, 0.15) is 0 Å². The third kappa shape index (κ3) is 5.88. The minimum absolute atomic E-state index is 0.181. The van der Waals surface area contributed by atoms with Crippen molar-refractivity contribution in [2.24, 2.45) is 17.8 Å². The molecular weight excluding hydrogens is 500 g/mol. The highest BCUT2D eigenvalue weighted by Gasteiger charge is 2.36. The monoisotopic (exact) mass is 538 g/mol. The van der Waals surface area contributed by atoms with Crippen LogP contribution in [0.2, 0.25) is 0 Å². The molecule has 4 unspecified atom stereocenters. The summed E-state index contributed by atoms with van der Waals surface area (Å²) in [5.41, 5.74) is 2.47. The van der Waals surface area contributed by atoms with E-state index in [1.54, 1.807) is 6.92 Å². The van der Waals surface area contributed by atoms with Crippen LogP contribution in [0.15, 0.2) is 48.5 Å². The fourth-order valence-corrected chi connectivity index (χ4v) is 6.82. The Bertz CT molecular complexity index is 1290. The summed E-state index contributed by atoms with van der Waals surface area (Å²) in [7, 11) is 0. The summed E-state index contributed by atoms with van der Waals surface area (Å²) < 4.78 is 64.4. The quantitative estimate of drug-likeness (QED) is 0.259. The first-order valence-corrected chi connectivity index (χ1v) is 14.6. The van der Waals surface area contributed by atoms with Gasteiger partial charge < -0.3 is 4.74 Å². The number of fused-ring (bicyclic) bond motifs is 1. The van der Waals surface area contributed by atoms with Gasteiger partial charge in [0.15, 0.2) is 23.2 Å². The molecule has 2 aliphatic rings. The van der Waals surface area contributed by atoms with Crippen LogP contribution < -0.4 is 4.74 Å². The average molecular weight is 539 g/mol. The van der Waals surface area contributed by atoms with Crippen LogP contribution in [0.5, 0.6) is 5.75 Å². The minimum atomic E-state index is -1.22. The van der Waals surface area contributed by atoms with Gasteiger partial charge in [-0.25, -0.2) is 13.2 Å². The highest BCUT2D eigenvalue weighted by Crippen LogP contribution is 2.47. The number of hydrogen-bond donors (Lipinski definition) is 0. The Morgan fingerprint density at radius 1 is 0.692 bits per heavy atom. The molecule has 39 heavy (non-hydrogen) atoms. The first-order chi connectivity index (χ1) is 18.9. The average Bonchev–Trinajstić information content (AvgIpc) is 2.96. The lowest BCUT2D eigenvalue weighted by molar-refractivity contribution is 0.0902. The van der Waals surface area contributed by atoms with Gasteiger partial charge in [-0.15, -0.1) is 0 Å². The molecule has 0 amide bonds. The lowest BCUT2D eigenvalue weighted by Gasteiger charge is -2.42. The van der Waals surface area contributed by atoms with Crippen molar-refractivity contribution in [2.75, 3.05) is 6.61 Å². The lowest BCUT2D eigenvalue weighted by Crippen LogP contribution is -2.32. The van der Waals surface area contributed by atoms with Crippen molar-refractivity contribution in [3.05, 3.63) is 88.5 Å². The second-order valence-corrected chi connectivity index (χ2v) is 11.5. The fourth-order valence-electron chi connectivity index (χ4n) is 6.82. The predicted molar refractivity (Wildman–Crippen MR) is 148 cm³/mol. The number of hydrogen-bond acceptors (Lipinski definition) is 1. The minimum Gasteiger partial charge on any atom is -0.490 e. The van der Waals surface area contributed by atoms with Crippen LogP contribution in [-0.2, 0) is 12.8 Å². The maximum atomic E-state index is 14.9. The molecular formula is C34H38F4O. The van der Waals surface area contributed by atoms with E-state index < -0.39 is 23.3 Å². The summed E-state index contributed by atoms with van der Waals surface area (Å²) in [5.74, 6) is -2.47. The number of benzene rings is 3. The van der Waals surface area contributed by atoms with Crippen LogP contribution in [0.1, 0.15) is 81.4 Å². The fraction of sp³-hybridized carbons (Fsp3) is 0.471. The van der Waals surface area contributed by atoms with Gasteiger partial charge in [0.2, 0.25) is 5.82 Å². The largest absolute Gasteiger partial charge is 0.490 e. The summed E-state index contributed by atoms with van der Waals surface area (Å²) in [4.78, 5) is 0. The Morgan fingerprint density at radius 3 is 2.08 bits per heavy atom. The van der Waals surface area contributed by atoms with Crippen LogP contribution in [0.4, 0.5) is 17.6 Å². The van der Waals surface area contributed by atoms with Crippen LogP contribution in [0, 0.1) is 41.0 Å². The molecule has 0 bridgehead atoms. The van der Waals surface area contributed by atoms with Gasteiger partial charge in [-0.1, -0.05) is 56.7 Å². The van der Waals surface area contributed by atoms with Gasteiger partial charge in [-0.2, -0.15) is 4.39 Å². The molecule has 2 aliphatic carbocycles. The summed E-state index contributed by atoms with van der Waals surface area (Å²) in [6, 6.07) is 14.5. The zero-order valence-electron chi connectivity index (χ0n) is 22.9. The van der Waals surface area contributed by atoms with E-state index in [9.17, 15) is 17.6 Å². The molecule has 0 heterocycles. The molecule has 0 aromatic heterocycles. The molecule has 5 heteroatoms. The normalized spacial score (nSPS) is 22.9. The van der Waals surface area contributed by atoms with Crippen molar-refractivity contribution >= 4 is 0 Å². The van der Waals surface area contributed by atoms with Gasteiger partial charge in [0, 0.05) is 11.1 Å². The van der Waals surface area contributed by atoms with E-state index in [2.05, 4.69) is 31.2 Å². The summed E-state index contributed by atoms with van der Waals surface area (Å²) in [6.45, 7) is 4.24. The second-order valence-electron chi connectivity index (χ2n) is 11.5. The Balaban J connectivity index is 1.18. The topological polar surface area (TPSA) is 9.23 Å². The number of halogens is 4. The molecule has 2 fully saturated rings. The molecule has 2 saturated carbocycles. The van der Waals surface area contributed by atoms with Crippen molar-refractivity contribution in [1.82, 2.24) is 0 Å². The van der Waals surface area contributed by atoms with Crippen molar-refractivity contribution in [2.45, 2.75) is 77.6 Å². The molecule has 4 atom stereocenters. The van der Waals surface area contributed by atoms with Crippen LogP contribution in [0.25, 0.3) is 11.1 Å². The molecule has 0 radical (unpaired) electrons. The third-order valence-electron chi connectivity index (χ3n) is 9.07. The van der Waals surface area contributed by atoms with E-state index >= 15 is 0 Å². The Hall–Kier alpha value is -2.82. The Labute approximate surface area is 229 Å². The maximum absolute atomic E-state index is 14.9. The highest BCUT2D eigenvalue weighted by atomic mass is 19.2. The van der Waals surface area contributed by atoms with E-state index in [4.69, 9.17) is 4.74 Å². The number of aryl methyl sites for hydroxylation is 2. The third-order valence-corrected chi connectivity index (χ3v) is 9.07. The summed E-state index contributed by atoms with van der Waals surface area (Å²) >= 11 is 0. The lowest BCUT2D eigenvalue weighted by atomic mass is 9.64. The van der Waals surface area contributed by atoms with Gasteiger partial charge in [-0.3, -0.25) is 0 Å². The molecule has 5 rings (SSSR count). The van der Waals surface area contributed by atoms with E-state index in [1.165, 1.54) is 61.1 Å². The molecule has 208 valence electrons. The first kappa shape index (κ1) is 27.7. The smallest absolute Gasteiger partial charge is 0.201 e. The predicted octanol–water partition coefficient (Wildman–Crippen LogP) is 9.80. The first-order valence-electron chi connectivity index (χ1n) is 14.6. The SMILES string of the molecule is CCCc1ccc(C2CCC3CC(COc4ccc(-c5ccc(CC)c(F)c5F)c(F)c4F)CCC3C2)cc1. The number of rotatable bonds is 8. The van der Waals surface area contributed by atoms with Crippen molar-refractivity contribution < 1.29 is 22.3 Å². The van der Waals surface area contributed by atoms with Crippen LogP contribution in [-0.4, -0.2) is 6.61 Å². The van der Waals surface area contributed by atoms with Gasteiger partial charge >= 0.3 is 0 Å². The second kappa shape index (κ2) is 12.1. The highest BCUT2D eigenvalue weighted by molar-refractivity contribution is 5.66. The molecule has 0 saturated heterocycles. The van der Waals surface area contributed by atoms with Gasteiger partial charge in [0.05, 0.1) is 6.61 Å². The van der Waals surface area contributed by atoms with Crippen molar-refractivity contribution in [3.8, 4) is 16.9 Å². The molecule has 0 N–H and O–H groups in total. The number of ether oxygens (including phenoxy) is 1. The summed E-state index contributed by atoms with van der Waals surface area (Å²) in [6.07, 6.45) is 9.41. The zero-order valence-corrected chi connectivity index (χ0v) is 22.9. The van der Waals surface area contributed by atoms with Gasteiger partial charge in [-0.05, 0) is 104 Å². The molecule has 0 spiro atoms. The van der Waals surface area contributed by atoms with Crippen molar-refractivity contribution in [3.63, 3.8) is 0 Å². The summed E-state index contributed by atoms with van der Waals surface area (Å²) in [5, 5.41) is 0. The van der Waals surface area contributed by atoms with Gasteiger partial charge in [0.25, 0.3) is 0 Å². The van der Waals surface area contributed by atoms with E-state index in [0.717, 1.165) is 25.7 Å². The van der Waals surface area contributed by atoms with E-state index in [1.807, 2.05) is 0 Å². The Kier molecular flexibility index (Phi) is 8.64. The Morgan fingerprint density at radius 2 is 1.36 bits per heavy atom. The molecule has 1 nitrogen and oxygen atoms in total. The standard InChI is InChI=1S/C34H38F4O/c1-3-5-21-6-9-24(10-7-21)26-13-12-25-18-22(8-11-27(25)19-26)20-39-30-17-16-29(33(37)34(30)38)28-15-14-23(4-2)31(35)32(28)36/h6-7,9-10,14-17,22,25-27H,3-5,8,11-13,18-20H2,1-2H3. The maximum Gasteiger partial charge on any atom is 0.201 e. The molecule has 3 aromatic carbocycles. The van der Waals surface area contributed by atoms with E-state index in [0.29, 0.717) is 36.7 Å². The van der Waals surface area contributed by atoms with E-state index in [-0.39, 0.29) is 22.4 Å². The van der Waals surface area contributed by atoms with Crippen LogP contribution in [0.3, 0.4) is 0 Å². The molecule has 0 aliphatic heterocycles. The molecule has 3 aromatic rings.